The van der Waals surface area contributed by atoms with Crippen molar-refractivity contribution in [2.24, 2.45) is 0 Å². The van der Waals surface area contributed by atoms with Crippen molar-refractivity contribution in [1.29, 1.82) is 0 Å². The molecule has 0 radical (unpaired) electrons. The maximum Gasteiger partial charge on any atom is 0.128 e. The molecule has 2 nitrogen and oxygen atoms in total. The summed E-state index contributed by atoms with van der Waals surface area (Å²) in [4.78, 5) is 0. The molecule has 1 aliphatic heterocycles. The number of hydrogen-bond donors (Lipinski definition) is 0. The van der Waals surface area contributed by atoms with Crippen LogP contribution in [-0.4, -0.2) is 19.0 Å². The SMILES string of the molecule is CCCCOc1ccc([C@H]2OC[C@H](c3ccc(C)cc3)CS2)cc1. The summed E-state index contributed by atoms with van der Waals surface area (Å²) in [7, 11) is 0. The Morgan fingerprint density at radius 1 is 1.04 bits per heavy atom. The van der Waals surface area contributed by atoms with Gasteiger partial charge in [-0.25, -0.2) is 0 Å². The van der Waals surface area contributed by atoms with Crippen LogP contribution in [0.5, 0.6) is 5.75 Å². The highest BCUT2D eigenvalue weighted by atomic mass is 32.2. The first-order chi connectivity index (χ1) is 11.8. The summed E-state index contributed by atoms with van der Waals surface area (Å²) in [5.41, 5.74) is 4.05. The van der Waals surface area contributed by atoms with Crippen molar-refractivity contribution >= 4 is 11.8 Å². The largest absolute Gasteiger partial charge is 0.494 e. The van der Waals surface area contributed by atoms with Crippen LogP contribution in [0.25, 0.3) is 0 Å². The molecule has 0 aliphatic carbocycles. The van der Waals surface area contributed by atoms with E-state index in [-0.39, 0.29) is 5.44 Å². The van der Waals surface area contributed by atoms with Crippen molar-refractivity contribution < 1.29 is 9.47 Å². The molecule has 1 fully saturated rings. The summed E-state index contributed by atoms with van der Waals surface area (Å²) in [5.74, 6) is 2.54. The Balaban J connectivity index is 1.53. The second-order valence-electron chi connectivity index (χ2n) is 6.38. The standard InChI is InChI=1S/C21H26O2S/c1-3-4-13-22-20-11-9-18(10-12-20)21-23-14-19(15-24-21)17-7-5-16(2)6-8-17/h5-12,19,21H,3-4,13-15H2,1-2H3/t19-,21-/m0/s1. The van der Waals surface area contributed by atoms with Crippen molar-refractivity contribution in [2.75, 3.05) is 19.0 Å². The molecule has 1 heterocycles. The quantitative estimate of drug-likeness (QED) is 0.626. The Hall–Kier alpha value is -1.45. The van der Waals surface area contributed by atoms with Gasteiger partial charge in [-0.05, 0) is 36.6 Å². The first kappa shape index (κ1) is 17.4. The lowest BCUT2D eigenvalue weighted by atomic mass is 10.0. The Morgan fingerprint density at radius 3 is 2.38 bits per heavy atom. The number of benzene rings is 2. The molecule has 2 atom stereocenters. The van der Waals surface area contributed by atoms with Crippen molar-refractivity contribution in [3.05, 3.63) is 65.2 Å². The topological polar surface area (TPSA) is 18.5 Å². The molecular formula is C21H26O2S. The van der Waals surface area contributed by atoms with Gasteiger partial charge in [0.05, 0.1) is 13.2 Å². The van der Waals surface area contributed by atoms with E-state index in [2.05, 4.69) is 62.4 Å². The van der Waals surface area contributed by atoms with Crippen LogP contribution in [0.1, 0.15) is 47.8 Å². The summed E-state index contributed by atoms with van der Waals surface area (Å²) in [6, 6.07) is 17.2. The highest BCUT2D eigenvalue weighted by Crippen LogP contribution is 2.39. The second kappa shape index (κ2) is 8.59. The average Bonchev–Trinajstić information content (AvgIpc) is 2.63. The van der Waals surface area contributed by atoms with Crippen LogP contribution >= 0.6 is 11.8 Å². The maximum absolute atomic E-state index is 6.12. The summed E-state index contributed by atoms with van der Waals surface area (Å²) >= 11 is 1.89. The van der Waals surface area contributed by atoms with E-state index in [0.29, 0.717) is 5.92 Å². The van der Waals surface area contributed by atoms with Crippen molar-refractivity contribution in [3.63, 3.8) is 0 Å². The first-order valence-electron chi connectivity index (χ1n) is 8.79. The van der Waals surface area contributed by atoms with E-state index in [9.17, 15) is 0 Å². The normalized spacial score (nSPS) is 20.8. The third kappa shape index (κ3) is 4.55. The first-order valence-corrected chi connectivity index (χ1v) is 9.83. The van der Waals surface area contributed by atoms with E-state index >= 15 is 0 Å². The van der Waals surface area contributed by atoms with Gasteiger partial charge in [-0.3, -0.25) is 0 Å². The smallest absolute Gasteiger partial charge is 0.128 e. The minimum absolute atomic E-state index is 0.136. The Kier molecular flexibility index (Phi) is 6.22. The van der Waals surface area contributed by atoms with Crippen LogP contribution in [0, 0.1) is 6.92 Å². The minimum Gasteiger partial charge on any atom is -0.494 e. The fourth-order valence-corrected chi connectivity index (χ4v) is 4.00. The van der Waals surface area contributed by atoms with Gasteiger partial charge in [0.1, 0.15) is 11.2 Å². The molecule has 3 rings (SSSR count). The summed E-state index contributed by atoms with van der Waals surface area (Å²) in [5, 5.41) is 0. The van der Waals surface area contributed by atoms with Gasteiger partial charge in [-0.1, -0.05) is 55.3 Å². The van der Waals surface area contributed by atoms with Crippen LogP contribution in [-0.2, 0) is 4.74 Å². The molecule has 0 unspecified atom stereocenters. The van der Waals surface area contributed by atoms with E-state index in [1.54, 1.807) is 0 Å². The molecular weight excluding hydrogens is 316 g/mol. The third-order valence-electron chi connectivity index (χ3n) is 4.37. The third-order valence-corrected chi connectivity index (χ3v) is 5.67. The van der Waals surface area contributed by atoms with Crippen molar-refractivity contribution in [3.8, 4) is 5.75 Å². The Morgan fingerprint density at radius 2 is 1.75 bits per heavy atom. The summed E-state index contributed by atoms with van der Waals surface area (Å²) in [6.07, 6.45) is 2.26. The van der Waals surface area contributed by atoms with E-state index < -0.39 is 0 Å². The van der Waals surface area contributed by atoms with Gasteiger partial charge in [0.15, 0.2) is 0 Å². The number of rotatable bonds is 6. The van der Waals surface area contributed by atoms with Gasteiger partial charge in [-0.15, -0.1) is 11.8 Å². The zero-order valence-corrected chi connectivity index (χ0v) is 15.4. The molecule has 0 aromatic heterocycles. The molecule has 0 spiro atoms. The molecule has 0 bridgehead atoms. The molecule has 0 N–H and O–H groups in total. The number of thioether (sulfide) groups is 1. The van der Waals surface area contributed by atoms with Gasteiger partial charge in [0, 0.05) is 11.7 Å². The molecule has 0 amide bonds. The molecule has 24 heavy (non-hydrogen) atoms. The monoisotopic (exact) mass is 342 g/mol. The van der Waals surface area contributed by atoms with Crippen LogP contribution in [0.4, 0.5) is 0 Å². The maximum atomic E-state index is 6.12. The van der Waals surface area contributed by atoms with Gasteiger partial charge in [-0.2, -0.15) is 0 Å². The number of ether oxygens (including phenoxy) is 2. The zero-order valence-electron chi connectivity index (χ0n) is 14.5. The van der Waals surface area contributed by atoms with Crippen molar-refractivity contribution in [2.45, 2.75) is 38.0 Å². The lowest BCUT2D eigenvalue weighted by molar-refractivity contribution is 0.0948. The van der Waals surface area contributed by atoms with Crippen LogP contribution in [0.15, 0.2) is 48.5 Å². The fourth-order valence-electron chi connectivity index (χ4n) is 2.78. The second-order valence-corrected chi connectivity index (χ2v) is 7.47. The van der Waals surface area contributed by atoms with E-state index in [1.165, 1.54) is 16.7 Å². The van der Waals surface area contributed by atoms with Gasteiger partial charge < -0.3 is 9.47 Å². The highest BCUT2D eigenvalue weighted by Gasteiger charge is 2.24. The zero-order chi connectivity index (χ0) is 16.8. The summed E-state index contributed by atoms with van der Waals surface area (Å²) in [6.45, 7) is 5.88. The van der Waals surface area contributed by atoms with Gasteiger partial charge in [0.2, 0.25) is 0 Å². The van der Waals surface area contributed by atoms with E-state index in [0.717, 1.165) is 37.6 Å². The lowest BCUT2D eigenvalue weighted by Crippen LogP contribution is -2.19. The van der Waals surface area contributed by atoms with Gasteiger partial charge in [0.25, 0.3) is 0 Å². The number of aryl methyl sites for hydroxylation is 1. The highest BCUT2D eigenvalue weighted by molar-refractivity contribution is 7.99. The Labute approximate surface area is 149 Å². The fraction of sp³-hybridized carbons (Fsp3) is 0.429. The number of hydrogen-bond acceptors (Lipinski definition) is 3. The molecule has 0 saturated carbocycles. The lowest BCUT2D eigenvalue weighted by Gasteiger charge is -2.29. The van der Waals surface area contributed by atoms with Crippen LogP contribution < -0.4 is 4.74 Å². The Bertz CT molecular complexity index is 613. The van der Waals surface area contributed by atoms with E-state index in [1.807, 2.05) is 11.8 Å². The minimum atomic E-state index is 0.136. The molecule has 3 heteroatoms. The van der Waals surface area contributed by atoms with E-state index in [4.69, 9.17) is 9.47 Å². The average molecular weight is 343 g/mol. The molecule has 1 aliphatic rings. The molecule has 128 valence electrons. The summed E-state index contributed by atoms with van der Waals surface area (Å²) < 4.78 is 11.8. The number of unbranched alkanes of at least 4 members (excludes halogenated alkanes) is 1. The van der Waals surface area contributed by atoms with Crippen LogP contribution in [0.3, 0.4) is 0 Å². The molecule has 2 aromatic carbocycles. The molecule has 1 saturated heterocycles. The predicted molar refractivity (Wildman–Crippen MR) is 102 cm³/mol. The molecule has 2 aromatic rings. The van der Waals surface area contributed by atoms with Gasteiger partial charge >= 0.3 is 0 Å². The van der Waals surface area contributed by atoms with Crippen molar-refractivity contribution in [1.82, 2.24) is 0 Å². The predicted octanol–water partition coefficient (Wildman–Crippen LogP) is 5.72. The van der Waals surface area contributed by atoms with Crippen LogP contribution in [0.2, 0.25) is 0 Å².